The molecule has 0 amide bonds. The maximum Gasteiger partial charge on any atom is 0.335 e. The van der Waals surface area contributed by atoms with Crippen molar-refractivity contribution in [2.75, 3.05) is 0 Å². The van der Waals surface area contributed by atoms with Crippen LogP contribution in [0.2, 0.25) is 0 Å². The Balaban J connectivity index is 2.13. The zero-order valence-corrected chi connectivity index (χ0v) is 10.7. The summed E-state index contributed by atoms with van der Waals surface area (Å²) in [6.07, 6.45) is 3.71. The van der Waals surface area contributed by atoms with Gasteiger partial charge in [-0.3, -0.25) is 0 Å². The maximum absolute atomic E-state index is 14.4. The van der Waals surface area contributed by atoms with Crippen molar-refractivity contribution in [3.8, 4) is 11.8 Å². The number of benzene rings is 1. The lowest BCUT2D eigenvalue weighted by Crippen LogP contribution is -2.09. The topological polar surface area (TPSA) is 37.3 Å². The van der Waals surface area contributed by atoms with Gasteiger partial charge in [-0.2, -0.15) is 0 Å². The first-order valence-electron chi connectivity index (χ1n) is 6.64. The van der Waals surface area contributed by atoms with Gasteiger partial charge >= 0.3 is 5.97 Å². The van der Waals surface area contributed by atoms with Gasteiger partial charge in [0.1, 0.15) is 6.17 Å². The van der Waals surface area contributed by atoms with E-state index in [4.69, 9.17) is 5.11 Å². The van der Waals surface area contributed by atoms with Gasteiger partial charge in [0.05, 0.1) is 11.5 Å². The Morgan fingerprint density at radius 2 is 2.00 bits per heavy atom. The number of carboxylic acids is 1. The highest BCUT2D eigenvalue weighted by atomic mass is 19.1. The van der Waals surface area contributed by atoms with E-state index in [2.05, 4.69) is 11.8 Å². The van der Waals surface area contributed by atoms with E-state index in [9.17, 15) is 9.18 Å². The summed E-state index contributed by atoms with van der Waals surface area (Å²) in [5.74, 6) is 4.79. The van der Waals surface area contributed by atoms with Crippen molar-refractivity contribution in [2.45, 2.75) is 38.3 Å². The predicted octanol–water partition coefficient (Wildman–Crippen LogP) is 3.98. The molecule has 2 unspecified atom stereocenters. The number of rotatable bonds is 3. The third kappa shape index (κ3) is 3.57. The minimum atomic E-state index is -1.13. The average molecular weight is 260 g/mol. The molecule has 1 aliphatic rings. The van der Waals surface area contributed by atoms with E-state index in [0.717, 1.165) is 32.1 Å². The molecular weight excluding hydrogens is 243 g/mol. The lowest BCUT2D eigenvalue weighted by molar-refractivity contribution is 0.0697. The van der Waals surface area contributed by atoms with Crippen LogP contribution in [0.15, 0.2) is 24.3 Å². The first-order valence-corrected chi connectivity index (χ1v) is 6.64. The van der Waals surface area contributed by atoms with E-state index >= 15 is 0 Å². The van der Waals surface area contributed by atoms with Gasteiger partial charge in [0, 0.05) is 6.42 Å². The highest BCUT2D eigenvalue weighted by Gasteiger charge is 2.21. The summed E-state index contributed by atoms with van der Waals surface area (Å²) in [5.41, 5.74) is 0.699. The molecule has 19 heavy (non-hydrogen) atoms. The van der Waals surface area contributed by atoms with Crippen molar-refractivity contribution < 1.29 is 14.3 Å². The molecule has 0 bridgehead atoms. The van der Waals surface area contributed by atoms with Crippen LogP contribution >= 0.6 is 0 Å². The fraction of sp³-hybridized carbons (Fsp3) is 0.438. The lowest BCUT2D eigenvalue weighted by Gasteiger charge is -2.17. The van der Waals surface area contributed by atoms with E-state index in [-0.39, 0.29) is 11.5 Å². The molecule has 2 rings (SSSR count). The van der Waals surface area contributed by atoms with Gasteiger partial charge in [0.2, 0.25) is 0 Å². The molecule has 3 heteroatoms. The molecule has 1 aliphatic carbocycles. The minimum Gasteiger partial charge on any atom is -0.478 e. The number of halogens is 1. The smallest absolute Gasteiger partial charge is 0.335 e. The zero-order chi connectivity index (χ0) is 13.7. The third-order valence-electron chi connectivity index (χ3n) is 3.43. The largest absolute Gasteiger partial charge is 0.478 e. The number of carbonyl (C=O) groups is 1. The molecule has 1 aromatic carbocycles. The Morgan fingerprint density at radius 1 is 1.26 bits per heavy atom. The third-order valence-corrected chi connectivity index (χ3v) is 3.43. The standard InChI is InChI=1S/C16H17FO2/c17-15(12-6-4-2-1-3-5-7-12)13-8-10-14(11-9-13)16(18)19/h8-12,15H,1-4,6H2,(H,18,19). The van der Waals surface area contributed by atoms with E-state index in [1.165, 1.54) is 12.1 Å². The molecule has 2 atom stereocenters. The van der Waals surface area contributed by atoms with Crippen LogP contribution in [0, 0.1) is 17.8 Å². The lowest BCUT2D eigenvalue weighted by atomic mass is 9.90. The molecule has 0 aromatic heterocycles. The van der Waals surface area contributed by atoms with Crippen molar-refractivity contribution in [1.29, 1.82) is 0 Å². The Bertz CT molecular complexity index is 496. The summed E-state index contributed by atoms with van der Waals surface area (Å²) < 4.78 is 14.4. The maximum atomic E-state index is 14.4. The van der Waals surface area contributed by atoms with E-state index in [0.29, 0.717) is 5.56 Å². The summed E-state index contributed by atoms with van der Waals surface area (Å²) >= 11 is 0. The first kappa shape index (κ1) is 13.6. The van der Waals surface area contributed by atoms with Crippen LogP contribution in [-0.4, -0.2) is 11.1 Å². The molecule has 0 radical (unpaired) electrons. The van der Waals surface area contributed by atoms with E-state index in [1.54, 1.807) is 12.1 Å². The number of hydrogen-bond acceptors (Lipinski definition) is 1. The Kier molecular flexibility index (Phi) is 4.57. The molecule has 1 N–H and O–H groups in total. The van der Waals surface area contributed by atoms with Gasteiger partial charge in [0.15, 0.2) is 0 Å². The molecular formula is C16H17FO2. The van der Waals surface area contributed by atoms with Crippen LogP contribution in [0.4, 0.5) is 4.39 Å². The van der Waals surface area contributed by atoms with Gasteiger partial charge < -0.3 is 5.11 Å². The summed E-state index contributed by atoms with van der Waals surface area (Å²) in [6.45, 7) is 0. The van der Waals surface area contributed by atoms with Crippen LogP contribution in [0.3, 0.4) is 0 Å². The molecule has 2 nitrogen and oxygen atoms in total. The van der Waals surface area contributed by atoms with Crippen molar-refractivity contribution in [3.63, 3.8) is 0 Å². The second-order valence-corrected chi connectivity index (χ2v) is 4.86. The SMILES string of the molecule is O=C(O)c1ccc(C(F)C2C#CCCCCC2)cc1. The Labute approximate surface area is 112 Å². The highest BCUT2D eigenvalue weighted by molar-refractivity contribution is 5.87. The molecule has 0 saturated heterocycles. The summed E-state index contributed by atoms with van der Waals surface area (Å²) in [4.78, 5) is 10.8. The van der Waals surface area contributed by atoms with Crippen LogP contribution in [0.5, 0.6) is 0 Å². The highest BCUT2D eigenvalue weighted by Crippen LogP contribution is 2.30. The fourth-order valence-electron chi connectivity index (χ4n) is 2.29. The predicted molar refractivity (Wildman–Crippen MR) is 71.6 cm³/mol. The second kappa shape index (κ2) is 6.38. The number of hydrogen-bond donors (Lipinski definition) is 1. The van der Waals surface area contributed by atoms with Crippen molar-refractivity contribution >= 4 is 5.97 Å². The fourth-order valence-corrected chi connectivity index (χ4v) is 2.29. The molecule has 0 heterocycles. The van der Waals surface area contributed by atoms with Gasteiger partial charge in [-0.05, 0) is 30.5 Å². The quantitative estimate of drug-likeness (QED) is 0.835. The van der Waals surface area contributed by atoms with Crippen LogP contribution < -0.4 is 0 Å². The monoisotopic (exact) mass is 260 g/mol. The van der Waals surface area contributed by atoms with Gasteiger partial charge in [-0.25, -0.2) is 9.18 Å². The molecule has 0 saturated carbocycles. The average Bonchev–Trinajstić information content (AvgIpc) is 2.38. The molecule has 0 aliphatic heterocycles. The number of aromatic carboxylic acids is 1. The second-order valence-electron chi connectivity index (χ2n) is 4.86. The molecule has 100 valence electrons. The normalized spacial score (nSPS) is 20.6. The van der Waals surface area contributed by atoms with Crippen LogP contribution in [-0.2, 0) is 0 Å². The summed E-state index contributed by atoms with van der Waals surface area (Å²) in [6, 6.07) is 5.99. The van der Waals surface area contributed by atoms with Crippen molar-refractivity contribution in [1.82, 2.24) is 0 Å². The summed E-state index contributed by atoms with van der Waals surface area (Å²) in [7, 11) is 0. The van der Waals surface area contributed by atoms with E-state index < -0.39 is 12.1 Å². The van der Waals surface area contributed by atoms with Gasteiger partial charge in [-0.1, -0.05) is 30.9 Å². The van der Waals surface area contributed by atoms with Crippen molar-refractivity contribution in [2.24, 2.45) is 5.92 Å². The number of carboxylic acid groups (broad SMARTS) is 1. The summed E-state index contributed by atoms with van der Waals surface area (Å²) in [5, 5.41) is 8.82. The van der Waals surface area contributed by atoms with Gasteiger partial charge in [-0.15, -0.1) is 5.92 Å². The molecule has 0 spiro atoms. The molecule has 0 fully saturated rings. The van der Waals surface area contributed by atoms with Gasteiger partial charge in [0.25, 0.3) is 0 Å². The zero-order valence-electron chi connectivity index (χ0n) is 10.7. The minimum absolute atomic E-state index is 0.180. The van der Waals surface area contributed by atoms with Crippen LogP contribution in [0.1, 0.15) is 54.2 Å². The van der Waals surface area contributed by atoms with Crippen molar-refractivity contribution in [3.05, 3.63) is 35.4 Å². The molecule has 1 aromatic rings. The Morgan fingerprint density at radius 3 is 2.68 bits per heavy atom. The van der Waals surface area contributed by atoms with E-state index in [1.807, 2.05) is 0 Å². The Hall–Kier alpha value is -1.82. The first-order chi connectivity index (χ1) is 9.18. The van der Waals surface area contributed by atoms with Crippen LogP contribution in [0.25, 0.3) is 0 Å². The number of alkyl halides is 1.